The van der Waals surface area contributed by atoms with Crippen molar-refractivity contribution in [3.8, 4) is 0 Å². The van der Waals surface area contributed by atoms with Gasteiger partial charge in [-0.05, 0) is 38.1 Å². The Balaban J connectivity index is 2.07. The summed E-state index contributed by atoms with van der Waals surface area (Å²) in [5.41, 5.74) is 1.51. The lowest BCUT2D eigenvalue weighted by Crippen LogP contribution is -2.30. The van der Waals surface area contributed by atoms with Gasteiger partial charge in [-0.2, -0.15) is 5.10 Å². The Hall–Kier alpha value is -0.920. The predicted octanol–water partition coefficient (Wildman–Crippen LogP) is 1.15. The highest BCUT2D eigenvalue weighted by molar-refractivity contribution is 7.89. The smallest absolute Gasteiger partial charge is 0.260 e. The van der Waals surface area contributed by atoms with Gasteiger partial charge in [-0.1, -0.05) is 13.8 Å². The molecule has 0 saturated heterocycles. The average Bonchev–Trinajstić information content (AvgIpc) is 3.18. The van der Waals surface area contributed by atoms with Gasteiger partial charge in [0.05, 0.1) is 0 Å². The Morgan fingerprint density at radius 1 is 1.45 bits per heavy atom. The van der Waals surface area contributed by atoms with E-state index < -0.39 is 10.0 Å². The second-order valence-electron chi connectivity index (χ2n) is 5.58. The van der Waals surface area contributed by atoms with Crippen LogP contribution in [0, 0.1) is 18.8 Å². The summed E-state index contributed by atoms with van der Waals surface area (Å²) < 4.78 is 27.4. The molecule has 3 N–H and O–H groups in total. The number of H-pyrrole nitrogens is 1. The van der Waals surface area contributed by atoms with Gasteiger partial charge >= 0.3 is 0 Å². The first-order valence-electron chi connectivity index (χ1n) is 7.20. The van der Waals surface area contributed by atoms with E-state index in [-0.39, 0.29) is 5.03 Å². The fourth-order valence-electron chi connectivity index (χ4n) is 2.25. The third-order valence-corrected chi connectivity index (χ3v) is 5.26. The average molecular weight is 300 g/mol. The lowest BCUT2D eigenvalue weighted by Gasteiger charge is -2.12. The van der Waals surface area contributed by atoms with Crippen LogP contribution in [-0.2, 0) is 16.6 Å². The summed E-state index contributed by atoms with van der Waals surface area (Å²) in [6.07, 6.45) is 2.44. The van der Waals surface area contributed by atoms with Gasteiger partial charge in [0.1, 0.15) is 0 Å². The van der Waals surface area contributed by atoms with Crippen molar-refractivity contribution in [3.05, 3.63) is 11.3 Å². The van der Waals surface area contributed by atoms with Crippen molar-refractivity contribution < 1.29 is 8.42 Å². The Kier molecular flexibility index (Phi) is 4.82. The largest absolute Gasteiger partial charge is 0.313 e. The summed E-state index contributed by atoms with van der Waals surface area (Å²) in [7, 11) is -3.53. The van der Waals surface area contributed by atoms with Gasteiger partial charge in [-0.15, -0.1) is 0 Å². The Bertz CT molecular complexity index is 549. The Morgan fingerprint density at radius 2 is 2.15 bits per heavy atom. The van der Waals surface area contributed by atoms with Crippen LogP contribution in [0.2, 0.25) is 0 Å². The minimum atomic E-state index is -3.53. The van der Waals surface area contributed by atoms with E-state index in [4.69, 9.17) is 0 Å². The molecule has 1 aromatic rings. The van der Waals surface area contributed by atoms with E-state index in [0.717, 1.165) is 17.8 Å². The van der Waals surface area contributed by atoms with Crippen molar-refractivity contribution >= 4 is 10.0 Å². The second-order valence-corrected chi connectivity index (χ2v) is 7.26. The molecule has 1 heterocycles. The minimum absolute atomic E-state index is 0.124. The maximum Gasteiger partial charge on any atom is 0.260 e. The number of aromatic nitrogens is 2. The fourth-order valence-corrected chi connectivity index (χ4v) is 3.59. The molecule has 0 aromatic carbocycles. The molecule has 1 aliphatic carbocycles. The van der Waals surface area contributed by atoms with Crippen LogP contribution < -0.4 is 10.0 Å². The maximum absolute atomic E-state index is 12.4. The molecule has 0 radical (unpaired) electrons. The maximum atomic E-state index is 12.4. The number of rotatable bonds is 8. The third-order valence-electron chi connectivity index (χ3n) is 3.86. The first-order chi connectivity index (χ1) is 9.45. The van der Waals surface area contributed by atoms with Crippen molar-refractivity contribution in [2.45, 2.75) is 45.2 Å². The number of hydrogen-bond donors (Lipinski definition) is 3. The second kappa shape index (κ2) is 6.24. The molecular weight excluding hydrogens is 276 g/mol. The van der Waals surface area contributed by atoms with Crippen LogP contribution in [0.4, 0.5) is 0 Å². The molecule has 114 valence electrons. The zero-order valence-corrected chi connectivity index (χ0v) is 13.2. The minimum Gasteiger partial charge on any atom is -0.313 e. The van der Waals surface area contributed by atoms with Crippen LogP contribution in [0.3, 0.4) is 0 Å². The molecule has 20 heavy (non-hydrogen) atoms. The third kappa shape index (κ3) is 3.59. The molecule has 7 heteroatoms. The number of hydrogen-bond acceptors (Lipinski definition) is 4. The number of nitrogens with one attached hydrogen (secondary N) is 3. The molecular formula is C13H24N4O2S. The number of aryl methyl sites for hydroxylation is 1. The van der Waals surface area contributed by atoms with Gasteiger partial charge in [0, 0.05) is 24.3 Å². The highest BCUT2D eigenvalue weighted by atomic mass is 32.2. The van der Waals surface area contributed by atoms with Crippen molar-refractivity contribution in [1.29, 1.82) is 0 Å². The van der Waals surface area contributed by atoms with Gasteiger partial charge in [-0.25, -0.2) is 13.1 Å². The van der Waals surface area contributed by atoms with E-state index in [1.165, 1.54) is 12.8 Å². The first-order valence-corrected chi connectivity index (χ1v) is 8.68. The summed E-state index contributed by atoms with van der Waals surface area (Å²) in [6.45, 7) is 7.70. The van der Waals surface area contributed by atoms with Gasteiger partial charge in [0.2, 0.25) is 0 Å². The molecule has 1 atom stereocenters. The van der Waals surface area contributed by atoms with E-state index in [1.807, 2.05) is 13.8 Å². The standard InChI is InChI=1S/C13H24N4O2S/c1-4-14-8-12-10(3)16-17-13(12)20(18,19)15-7-9(2)11-5-6-11/h9,11,14-15H,4-8H2,1-3H3,(H,16,17). The van der Waals surface area contributed by atoms with Crippen LogP contribution >= 0.6 is 0 Å². The molecule has 2 rings (SSSR count). The highest BCUT2D eigenvalue weighted by Crippen LogP contribution is 2.36. The van der Waals surface area contributed by atoms with Crippen molar-refractivity contribution in [2.75, 3.05) is 13.1 Å². The van der Waals surface area contributed by atoms with Crippen LogP contribution in [-0.4, -0.2) is 31.7 Å². The van der Waals surface area contributed by atoms with Gasteiger partial charge in [0.15, 0.2) is 5.03 Å². The molecule has 0 aliphatic heterocycles. The molecule has 0 bridgehead atoms. The van der Waals surface area contributed by atoms with E-state index in [2.05, 4.69) is 27.2 Å². The van der Waals surface area contributed by atoms with Crippen LogP contribution in [0.15, 0.2) is 5.03 Å². The quantitative estimate of drug-likeness (QED) is 0.672. The Labute approximate surface area is 120 Å². The molecule has 6 nitrogen and oxygen atoms in total. The van der Waals surface area contributed by atoms with E-state index >= 15 is 0 Å². The van der Waals surface area contributed by atoms with Crippen molar-refractivity contribution in [2.24, 2.45) is 11.8 Å². The number of nitrogens with zero attached hydrogens (tertiary/aromatic N) is 1. The summed E-state index contributed by atoms with van der Waals surface area (Å²) in [5, 5.41) is 10.00. The fraction of sp³-hybridized carbons (Fsp3) is 0.769. The molecule has 1 fully saturated rings. The predicted molar refractivity (Wildman–Crippen MR) is 77.8 cm³/mol. The van der Waals surface area contributed by atoms with Crippen LogP contribution in [0.25, 0.3) is 0 Å². The van der Waals surface area contributed by atoms with Crippen molar-refractivity contribution in [1.82, 2.24) is 20.2 Å². The molecule has 1 aromatic heterocycles. The normalized spacial score (nSPS) is 17.4. The van der Waals surface area contributed by atoms with Crippen LogP contribution in [0.1, 0.15) is 37.9 Å². The van der Waals surface area contributed by atoms with Gasteiger partial charge < -0.3 is 5.32 Å². The highest BCUT2D eigenvalue weighted by Gasteiger charge is 2.30. The Morgan fingerprint density at radius 3 is 2.75 bits per heavy atom. The lowest BCUT2D eigenvalue weighted by molar-refractivity contribution is 0.490. The number of aromatic amines is 1. The van der Waals surface area contributed by atoms with E-state index in [1.54, 1.807) is 0 Å². The first kappa shape index (κ1) is 15.5. The van der Waals surface area contributed by atoms with Gasteiger partial charge in [0.25, 0.3) is 10.0 Å². The van der Waals surface area contributed by atoms with E-state index in [9.17, 15) is 8.42 Å². The number of sulfonamides is 1. The topological polar surface area (TPSA) is 86.9 Å². The molecule has 1 saturated carbocycles. The summed E-state index contributed by atoms with van der Waals surface area (Å²) in [6, 6.07) is 0. The molecule has 0 spiro atoms. The summed E-state index contributed by atoms with van der Waals surface area (Å²) >= 11 is 0. The zero-order chi connectivity index (χ0) is 14.8. The molecule has 0 amide bonds. The monoisotopic (exact) mass is 300 g/mol. The summed E-state index contributed by atoms with van der Waals surface area (Å²) in [5.74, 6) is 1.07. The molecule has 1 unspecified atom stereocenters. The van der Waals surface area contributed by atoms with Crippen molar-refractivity contribution in [3.63, 3.8) is 0 Å². The lowest BCUT2D eigenvalue weighted by atomic mass is 10.1. The SMILES string of the molecule is CCNCc1c(S(=O)(=O)NCC(C)C2CC2)n[nH]c1C. The zero-order valence-electron chi connectivity index (χ0n) is 12.4. The van der Waals surface area contributed by atoms with Gasteiger partial charge in [-0.3, -0.25) is 5.10 Å². The van der Waals surface area contributed by atoms with E-state index in [0.29, 0.717) is 24.9 Å². The summed E-state index contributed by atoms with van der Waals surface area (Å²) in [4.78, 5) is 0. The molecule has 1 aliphatic rings. The van der Waals surface area contributed by atoms with Crippen LogP contribution in [0.5, 0.6) is 0 Å².